The third-order valence-corrected chi connectivity index (χ3v) is 7.05. The number of benzene rings is 2. The topological polar surface area (TPSA) is 127 Å². The number of phenols is 2. The van der Waals surface area contributed by atoms with Crippen LogP contribution in [0, 0.1) is 0 Å². The van der Waals surface area contributed by atoms with Gasteiger partial charge in [0.05, 0.1) is 38.9 Å². The maximum absolute atomic E-state index is 13.9. The Labute approximate surface area is 248 Å². The Morgan fingerprint density at radius 1 is 0.762 bits per heavy atom. The molecule has 0 aromatic heterocycles. The number of carbonyl (C=O) groups excluding carboxylic acids is 2. The highest BCUT2D eigenvalue weighted by atomic mass is 16.5. The second-order valence-electron chi connectivity index (χ2n) is 9.61. The number of rotatable bonds is 20. The van der Waals surface area contributed by atoms with Gasteiger partial charge >= 0.3 is 0 Å². The van der Waals surface area contributed by atoms with Gasteiger partial charge in [0, 0.05) is 59.1 Å². The SMILES string of the molecule is CCc1c(O)cc(O)c(C(=O)c2ccc(OCCN(CC)CCOC)c(OC)c2)c1CC(=O)N(CCOC)CCOC. The Bertz CT molecular complexity index is 1150. The number of ether oxygens (including phenoxy) is 5. The molecule has 2 rings (SSSR count). The van der Waals surface area contributed by atoms with E-state index in [1.807, 2.05) is 6.92 Å². The van der Waals surface area contributed by atoms with Crippen LogP contribution in [-0.4, -0.2) is 119 Å². The summed E-state index contributed by atoms with van der Waals surface area (Å²) in [6, 6.07) is 5.94. The molecular formula is C31H46N2O9. The molecule has 1 amide bonds. The van der Waals surface area contributed by atoms with Crippen molar-refractivity contribution in [2.45, 2.75) is 26.7 Å². The van der Waals surface area contributed by atoms with Gasteiger partial charge in [-0.05, 0) is 42.3 Å². The third-order valence-electron chi connectivity index (χ3n) is 7.05. The normalized spacial score (nSPS) is 11.1. The fraction of sp³-hybridized carbons (Fsp3) is 0.548. The number of hydrogen-bond acceptors (Lipinski definition) is 10. The molecule has 0 fully saturated rings. The highest BCUT2D eigenvalue weighted by molar-refractivity contribution is 6.12. The van der Waals surface area contributed by atoms with E-state index in [2.05, 4.69) is 11.8 Å². The van der Waals surface area contributed by atoms with E-state index in [0.717, 1.165) is 19.2 Å². The zero-order valence-electron chi connectivity index (χ0n) is 25.7. The van der Waals surface area contributed by atoms with Crippen LogP contribution in [0.5, 0.6) is 23.0 Å². The Hall–Kier alpha value is -3.38. The van der Waals surface area contributed by atoms with E-state index < -0.39 is 11.5 Å². The first-order chi connectivity index (χ1) is 20.3. The minimum Gasteiger partial charge on any atom is -0.508 e. The zero-order valence-corrected chi connectivity index (χ0v) is 25.7. The fourth-order valence-electron chi connectivity index (χ4n) is 4.62. The van der Waals surface area contributed by atoms with Crippen molar-refractivity contribution in [1.82, 2.24) is 9.80 Å². The van der Waals surface area contributed by atoms with Crippen molar-refractivity contribution in [3.05, 3.63) is 46.5 Å². The Balaban J connectivity index is 2.39. The van der Waals surface area contributed by atoms with E-state index >= 15 is 0 Å². The van der Waals surface area contributed by atoms with Gasteiger partial charge in [-0.2, -0.15) is 0 Å². The van der Waals surface area contributed by atoms with E-state index in [-0.39, 0.29) is 34.8 Å². The van der Waals surface area contributed by atoms with Crippen molar-refractivity contribution in [1.29, 1.82) is 0 Å². The maximum atomic E-state index is 13.9. The smallest absolute Gasteiger partial charge is 0.227 e. The maximum Gasteiger partial charge on any atom is 0.227 e. The summed E-state index contributed by atoms with van der Waals surface area (Å²) in [5.74, 6) is -0.547. The molecule has 0 aliphatic heterocycles. The van der Waals surface area contributed by atoms with Crippen molar-refractivity contribution in [2.75, 3.05) is 87.6 Å². The van der Waals surface area contributed by atoms with Crippen LogP contribution in [0.3, 0.4) is 0 Å². The Morgan fingerprint density at radius 2 is 1.38 bits per heavy atom. The predicted molar refractivity (Wildman–Crippen MR) is 159 cm³/mol. The lowest BCUT2D eigenvalue weighted by Crippen LogP contribution is -2.37. The molecule has 234 valence electrons. The molecule has 0 saturated carbocycles. The summed E-state index contributed by atoms with van der Waals surface area (Å²) in [6.45, 7) is 8.56. The lowest BCUT2D eigenvalue weighted by atomic mass is 9.89. The second-order valence-corrected chi connectivity index (χ2v) is 9.61. The summed E-state index contributed by atoms with van der Waals surface area (Å²) >= 11 is 0. The molecule has 0 spiro atoms. The molecular weight excluding hydrogens is 544 g/mol. The van der Waals surface area contributed by atoms with Gasteiger partial charge < -0.3 is 38.8 Å². The fourth-order valence-corrected chi connectivity index (χ4v) is 4.62. The molecule has 0 saturated heterocycles. The van der Waals surface area contributed by atoms with Crippen LogP contribution in [-0.2, 0) is 31.8 Å². The molecule has 42 heavy (non-hydrogen) atoms. The molecule has 2 aromatic rings. The summed E-state index contributed by atoms with van der Waals surface area (Å²) < 4.78 is 26.9. The predicted octanol–water partition coefficient (Wildman–Crippen LogP) is 2.91. The van der Waals surface area contributed by atoms with Crippen LogP contribution >= 0.6 is 0 Å². The Morgan fingerprint density at radius 3 is 1.95 bits per heavy atom. The van der Waals surface area contributed by atoms with Crippen molar-refractivity contribution < 1.29 is 43.5 Å². The quantitative estimate of drug-likeness (QED) is 0.222. The van der Waals surface area contributed by atoms with Gasteiger partial charge in [-0.1, -0.05) is 13.8 Å². The van der Waals surface area contributed by atoms with Gasteiger partial charge in [0.15, 0.2) is 17.3 Å². The highest BCUT2D eigenvalue weighted by Gasteiger charge is 2.27. The molecule has 0 radical (unpaired) electrons. The Kier molecular flexibility index (Phi) is 15.1. The molecule has 0 bridgehead atoms. The molecule has 0 aliphatic carbocycles. The number of phenolic OH excluding ortho intramolecular Hbond substituents is 2. The van der Waals surface area contributed by atoms with Crippen molar-refractivity contribution in [3.63, 3.8) is 0 Å². The van der Waals surface area contributed by atoms with Crippen LogP contribution in [0.4, 0.5) is 0 Å². The van der Waals surface area contributed by atoms with Crippen LogP contribution < -0.4 is 9.47 Å². The summed E-state index contributed by atoms with van der Waals surface area (Å²) in [5.41, 5.74) is 0.898. The van der Waals surface area contributed by atoms with E-state index in [1.54, 1.807) is 44.4 Å². The van der Waals surface area contributed by atoms with Crippen LogP contribution in [0.25, 0.3) is 0 Å². The van der Waals surface area contributed by atoms with Gasteiger partial charge in [-0.3, -0.25) is 14.5 Å². The minimum atomic E-state index is -0.507. The van der Waals surface area contributed by atoms with Crippen molar-refractivity contribution >= 4 is 11.7 Å². The number of hydrogen-bond donors (Lipinski definition) is 2. The second kappa shape index (κ2) is 18.2. The minimum absolute atomic E-state index is 0.0381. The number of aromatic hydroxyl groups is 2. The molecule has 0 unspecified atom stereocenters. The molecule has 0 atom stereocenters. The molecule has 2 aromatic carbocycles. The highest BCUT2D eigenvalue weighted by Crippen LogP contribution is 2.36. The first-order valence-corrected chi connectivity index (χ1v) is 14.1. The summed E-state index contributed by atoms with van der Waals surface area (Å²) in [6.07, 6.45) is 0.148. The number of nitrogens with zero attached hydrogens (tertiary/aromatic N) is 2. The van der Waals surface area contributed by atoms with Crippen molar-refractivity contribution in [2.24, 2.45) is 0 Å². The number of ketones is 1. The molecule has 11 heteroatoms. The third kappa shape index (κ3) is 9.59. The standard InChI is InChI=1S/C31H46N2O9/c1-7-23-24(20-29(36)33(13-16-39-4)14-17-40-5)30(26(35)21-25(23)34)31(37)22-9-10-27(28(19-22)41-6)42-18-12-32(8-2)11-15-38-3/h9-10,19,21,34-35H,7-8,11-18,20H2,1-6H3. The van der Waals surface area contributed by atoms with Gasteiger partial charge in [-0.15, -0.1) is 0 Å². The van der Waals surface area contributed by atoms with Gasteiger partial charge in [0.2, 0.25) is 5.91 Å². The van der Waals surface area contributed by atoms with Crippen LogP contribution in [0.15, 0.2) is 24.3 Å². The number of carbonyl (C=O) groups is 2. The van der Waals surface area contributed by atoms with Crippen LogP contribution in [0.2, 0.25) is 0 Å². The molecule has 2 N–H and O–H groups in total. The van der Waals surface area contributed by atoms with Gasteiger partial charge in [-0.25, -0.2) is 0 Å². The van der Waals surface area contributed by atoms with E-state index in [4.69, 9.17) is 23.7 Å². The molecule has 0 aliphatic rings. The monoisotopic (exact) mass is 590 g/mol. The number of amides is 1. The number of methoxy groups -OCH3 is 4. The number of likely N-dealkylation sites (N-methyl/N-ethyl adjacent to an activating group) is 1. The lowest BCUT2D eigenvalue weighted by molar-refractivity contribution is -0.131. The average Bonchev–Trinajstić information content (AvgIpc) is 2.98. The zero-order chi connectivity index (χ0) is 31.1. The van der Waals surface area contributed by atoms with E-state index in [0.29, 0.717) is 69.5 Å². The first kappa shape index (κ1) is 34.8. The molecule has 0 heterocycles. The molecule has 11 nitrogen and oxygen atoms in total. The average molecular weight is 591 g/mol. The van der Waals surface area contributed by atoms with Crippen LogP contribution in [0.1, 0.15) is 40.9 Å². The van der Waals surface area contributed by atoms with E-state index in [1.165, 1.54) is 7.11 Å². The van der Waals surface area contributed by atoms with Gasteiger partial charge in [0.25, 0.3) is 0 Å². The summed E-state index contributed by atoms with van der Waals surface area (Å²) in [5, 5.41) is 21.5. The lowest BCUT2D eigenvalue weighted by Gasteiger charge is -2.24. The summed E-state index contributed by atoms with van der Waals surface area (Å²) in [7, 11) is 6.25. The van der Waals surface area contributed by atoms with Crippen molar-refractivity contribution in [3.8, 4) is 23.0 Å². The first-order valence-electron chi connectivity index (χ1n) is 14.1. The largest absolute Gasteiger partial charge is 0.508 e. The van der Waals surface area contributed by atoms with E-state index in [9.17, 15) is 19.8 Å². The summed E-state index contributed by atoms with van der Waals surface area (Å²) in [4.78, 5) is 31.0. The van der Waals surface area contributed by atoms with Gasteiger partial charge in [0.1, 0.15) is 18.1 Å².